The Labute approximate surface area is 149 Å². The molecule has 1 aromatic heterocycles. The van der Waals surface area contributed by atoms with E-state index in [1.807, 2.05) is 7.11 Å². The van der Waals surface area contributed by atoms with E-state index in [9.17, 15) is 5.11 Å². The van der Waals surface area contributed by atoms with Gasteiger partial charge in [-0.05, 0) is 56.7 Å². The number of rotatable bonds is 4. The van der Waals surface area contributed by atoms with Crippen molar-refractivity contribution in [3.63, 3.8) is 0 Å². The summed E-state index contributed by atoms with van der Waals surface area (Å²) < 4.78 is 5.93. The van der Waals surface area contributed by atoms with Crippen LogP contribution in [0.1, 0.15) is 42.6 Å². The first-order valence-corrected chi connectivity index (χ1v) is 9.44. The van der Waals surface area contributed by atoms with Crippen molar-refractivity contribution in [1.82, 2.24) is 14.9 Å². The summed E-state index contributed by atoms with van der Waals surface area (Å²) in [5.74, 6) is 1.05. The molecule has 0 unspecified atom stereocenters. The van der Waals surface area contributed by atoms with Crippen molar-refractivity contribution in [3.8, 4) is 0 Å². The summed E-state index contributed by atoms with van der Waals surface area (Å²) in [5, 5.41) is 10.1. The standard InChI is InChI=1S/C20H29N3O2/c1-13-4-5-16-19(14(13)2)22-18(21-16)7-10-23-11-9-20(25-3)8-6-15(24)12-17(20)23/h4-5,15,17,24H,6-12H2,1-3H3,(H,21,22)/t15-,17+,20-/m1/s1. The highest BCUT2D eigenvalue weighted by molar-refractivity contribution is 5.79. The van der Waals surface area contributed by atoms with Crippen molar-refractivity contribution in [2.75, 3.05) is 20.2 Å². The number of aromatic nitrogens is 2. The molecule has 0 spiro atoms. The fraction of sp³-hybridized carbons (Fsp3) is 0.650. The van der Waals surface area contributed by atoms with Gasteiger partial charge in [-0.3, -0.25) is 4.90 Å². The van der Waals surface area contributed by atoms with Gasteiger partial charge in [-0.15, -0.1) is 0 Å². The van der Waals surface area contributed by atoms with Gasteiger partial charge in [0, 0.05) is 32.7 Å². The van der Waals surface area contributed by atoms with Gasteiger partial charge >= 0.3 is 0 Å². The Bertz CT molecular complexity index is 772. The van der Waals surface area contributed by atoms with Crippen LogP contribution in [0.25, 0.3) is 11.0 Å². The van der Waals surface area contributed by atoms with Crippen molar-refractivity contribution in [1.29, 1.82) is 0 Å². The van der Waals surface area contributed by atoms with Crippen molar-refractivity contribution in [2.24, 2.45) is 0 Å². The largest absolute Gasteiger partial charge is 0.393 e. The molecule has 5 heteroatoms. The Balaban J connectivity index is 1.49. The Kier molecular flexibility index (Phi) is 4.34. The van der Waals surface area contributed by atoms with Gasteiger partial charge in [0.25, 0.3) is 0 Å². The molecule has 25 heavy (non-hydrogen) atoms. The fourth-order valence-electron chi connectivity index (χ4n) is 4.77. The number of hydrogen-bond acceptors (Lipinski definition) is 4. The SMILES string of the molecule is CO[C@@]12CC[C@@H](O)C[C@@H]1N(CCc1nc3c(C)c(C)ccc3[nH]1)CC2. The van der Waals surface area contributed by atoms with Gasteiger partial charge in [-0.1, -0.05) is 6.07 Å². The number of methoxy groups -OCH3 is 1. The van der Waals surface area contributed by atoms with Crippen LogP contribution in [-0.2, 0) is 11.2 Å². The van der Waals surface area contributed by atoms with E-state index in [4.69, 9.17) is 9.72 Å². The lowest BCUT2D eigenvalue weighted by Gasteiger charge is -2.42. The summed E-state index contributed by atoms with van der Waals surface area (Å²) in [5.41, 5.74) is 4.71. The second kappa shape index (κ2) is 6.38. The molecule has 2 heterocycles. The average molecular weight is 343 g/mol. The van der Waals surface area contributed by atoms with E-state index >= 15 is 0 Å². The van der Waals surface area contributed by atoms with E-state index in [2.05, 4.69) is 35.9 Å². The molecule has 2 aliphatic rings. The summed E-state index contributed by atoms with van der Waals surface area (Å²) >= 11 is 0. The highest BCUT2D eigenvalue weighted by Gasteiger charge is 2.50. The first kappa shape index (κ1) is 17.0. The number of hydrogen-bond donors (Lipinski definition) is 2. The van der Waals surface area contributed by atoms with Crippen LogP contribution in [-0.4, -0.2) is 57.9 Å². The summed E-state index contributed by atoms with van der Waals surface area (Å²) in [6, 6.07) is 4.60. The second-order valence-electron chi connectivity index (χ2n) is 7.84. The summed E-state index contributed by atoms with van der Waals surface area (Å²) in [4.78, 5) is 10.8. The maximum absolute atomic E-state index is 10.1. The number of likely N-dealkylation sites (tertiary alicyclic amines) is 1. The number of nitrogens with zero attached hydrogens (tertiary/aromatic N) is 2. The number of ether oxygens (including phenoxy) is 1. The summed E-state index contributed by atoms with van der Waals surface area (Å²) in [7, 11) is 1.83. The molecule has 0 radical (unpaired) electrons. The minimum absolute atomic E-state index is 0.0548. The molecule has 2 fully saturated rings. The third-order valence-corrected chi connectivity index (χ3v) is 6.54. The molecule has 5 nitrogen and oxygen atoms in total. The normalized spacial score (nSPS) is 30.1. The Hall–Kier alpha value is -1.43. The minimum atomic E-state index is -0.189. The average Bonchev–Trinajstić information content (AvgIpc) is 3.18. The second-order valence-corrected chi connectivity index (χ2v) is 7.84. The zero-order chi connectivity index (χ0) is 17.6. The first-order chi connectivity index (χ1) is 12.0. The Morgan fingerprint density at radius 1 is 1.36 bits per heavy atom. The lowest BCUT2D eigenvalue weighted by molar-refractivity contribution is -0.0867. The molecular weight excluding hydrogens is 314 g/mol. The molecular formula is C20H29N3O2. The smallest absolute Gasteiger partial charge is 0.108 e. The molecule has 1 saturated carbocycles. The van der Waals surface area contributed by atoms with E-state index in [0.29, 0.717) is 6.04 Å². The van der Waals surface area contributed by atoms with E-state index in [-0.39, 0.29) is 11.7 Å². The predicted molar refractivity (Wildman–Crippen MR) is 98.8 cm³/mol. The number of aryl methyl sites for hydroxylation is 2. The van der Waals surface area contributed by atoms with Crippen LogP contribution in [0.15, 0.2) is 12.1 Å². The molecule has 1 aliphatic heterocycles. The van der Waals surface area contributed by atoms with Crippen LogP contribution in [0, 0.1) is 13.8 Å². The lowest BCUT2D eigenvalue weighted by Crippen LogP contribution is -2.51. The number of nitrogens with one attached hydrogen (secondary N) is 1. The van der Waals surface area contributed by atoms with Gasteiger partial charge in [0.2, 0.25) is 0 Å². The van der Waals surface area contributed by atoms with Crippen LogP contribution in [0.4, 0.5) is 0 Å². The highest BCUT2D eigenvalue weighted by atomic mass is 16.5. The summed E-state index contributed by atoms with van der Waals surface area (Å²) in [6.07, 6.45) is 4.44. The number of benzene rings is 1. The fourth-order valence-corrected chi connectivity index (χ4v) is 4.77. The number of H-pyrrole nitrogens is 1. The Morgan fingerprint density at radius 3 is 3.00 bits per heavy atom. The number of aliphatic hydroxyl groups is 1. The monoisotopic (exact) mass is 343 g/mol. The van der Waals surface area contributed by atoms with Gasteiger partial charge < -0.3 is 14.8 Å². The van der Waals surface area contributed by atoms with Gasteiger partial charge in [0.1, 0.15) is 5.82 Å². The van der Waals surface area contributed by atoms with Gasteiger partial charge in [-0.2, -0.15) is 0 Å². The lowest BCUT2D eigenvalue weighted by atomic mass is 9.79. The van der Waals surface area contributed by atoms with Gasteiger partial charge in [0.05, 0.1) is 22.7 Å². The number of aliphatic hydroxyl groups excluding tert-OH is 1. The van der Waals surface area contributed by atoms with Crippen molar-refractivity contribution >= 4 is 11.0 Å². The zero-order valence-electron chi connectivity index (χ0n) is 15.5. The molecule has 0 amide bonds. The number of fused-ring (bicyclic) bond motifs is 2. The predicted octanol–water partition coefficient (Wildman–Crippen LogP) is 2.73. The van der Waals surface area contributed by atoms with E-state index in [1.54, 1.807) is 0 Å². The summed E-state index contributed by atoms with van der Waals surface area (Å²) in [6.45, 7) is 6.27. The molecule has 4 rings (SSSR count). The van der Waals surface area contributed by atoms with Crippen molar-refractivity contribution < 1.29 is 9.84 Å². The molecule has 1 saturated heterocycles. The quantitative estimate of drug-likeness (QED) is 0.896. The molecule has 1 aromatic carbocycles. The number of aromatic amines is 1. The van der Waals surface area contributed by atoms with Crippen LogP contribution in [0.5, 0.6) is 0 Å². The van der Waals surface area contributed by atoms with Crippen LogP contribution >= 0.6 is 0 Å². The molecule has 2 N–H and O–H groups in total. The van der Waals surface area contributed by atoms with Crippen LogP contribution < -0.4 is 0 Å². The van der Waals surface area contributed by atoms with E-state index in [1.165, 1.54) is 11.1 Å². The van der Waals surface area contributed by atoms with Crippen molar-refractivity contribution in [2.45, 2.75) is 63.7 Å². The highest BCUT2D eigenvalue weighted by Crippen LogP contribution is 2.42. The maximum Gasteiger partial charge on any atom is 0.108 e. The van der Waals surface area contributed by atoms with E-state index in [0.717, 1.165) is 62.1 Å². The number of imidazole rings is 1. The molecule has 3 atom stereocenters. The first-order valence-electron chi connectivity index (χ1n) is 9.44. The van der Waals surface area contributed by atoms with Crippen LogP contribution in [0.2, 0.25) is 0 Å². The molecule has 0 bridgehead atoms. The molecule has 136 valence electrons. The van der Waals surface area contributed by atoms with Gasteiger partial charge in [0.15, 0.2) is 0 Å². The molecule has 1 aliphatic carbocycles. The third-order valence-electron chi connectivity index (χ3n) is 6.54. The van der Waals surface area contributed by atoms with Crippen LogP contribution in [0.3, 0.4) is 0 Å². The topological polar surface area (TPSA) is 61.4 Å². The zero-order valence-corrected chi connectivity index (χ0v) is 15.5. The van der Waals surface area contributed by atoms with Gasteiger partial charge in [-0.25, -0.2) is 4.98 Å². The minimum Gasteiger partial charge on any atom is -0.393 e. The van der Waals surface area contributed by atoms with E-state index < -0.39 is 0 Å². The Morgan fingerprint density at radius 2 is 2.20 bits per heavy atom. The third kappa shape index (κ3) is 2.88. The molecule has 2 aromatic rings. The van der Waals surface area contributed by atoms with Crippen molar-refractivity contribution in [3.05, 3.63) is 29.1 Å². The maximum atomic E-state index is 10.1.